The first-order valence-electron chi connectivity index (χ1n) is 6.03. The lowest BCUT2D eigenvalue weighted by Crippen LogP contribution is -2.30. The van der Waals surface area contributed by atoms with Gasteiger partial charge in [-0.05, 0) is 25.3 Å². The summed E-state index contributed by atoms with van der Waals surface area (Å²) in [7, 11) is 0. The second kappa shape index (κ2) is 7.51. The van der Waals surface area contributed by atoms with Crippen molar-refractivity contribution in [1.82, 2.24) is 4.90 Å². The monoisotopic (exact) mass is 229 g/mol. The Kier molecular flexibility index (Phi) is 5.88. The van der Waals surface area contributed by atoms with Gasteiger partial charge in [-0.2, -0.15) is 0 Å². The van der Waals surface area contributed by atoms with Crippen LogP contribution in [0.5, 0.6) is 0 Å². The van der Waals surface area contributed by atoms with Crippen LogP contribution in [-0.2, 0) is 11.2 Å². The Labute approximate surface area is 104 Å². The number of hydrogen-bond donors (Lipinski definition) is 0. The summed E-state index contributed by atoms with van der Waals surface area (Å²) in [6, 6.07) is 10.2. The standard InChI is InChI=1S/C15H19NO/c1-3-13-16(4-2)15(17)12-8-11-14-9-6-5-7-10-14/h1,5-7,9-10H,4,8,11-13H2,2H3. The third kappa shape index (κ3) is 4.74. The number of terminal acetylenes is 1. The minimum Gasteiger partial charge on any atom is -0.332 e. The molecule has 0 saturated carbocycles. The van der Waals surface area contributed by atoms with Gasteiger partial charge in [0.25, 0.3) is 0 Å². The Morgan fingerprint density at radius 2 is 2.06 bits per heavy atom. The molecule has 0 aliphatic carbocycles. The molecule has 0 bridgehead atoms. The Hall–Kier alpha value is -1.75. The summed E-state index contributed by atoms with van der Waals surface area (Å²) in [5, 5.41) is 0. The molecule has 90 valence electrons. The third-order valence-corrected chi connectivity index (χ3v) is 2.72. The lowest BCUT2D eigenvalue weighted by molar-refractivity contribution is -0.130. The van der Waals surface area contributed by atoms with E-state index in [9.17, 15) is 4.79 Å². The van der Waals surface area contributed by atoms with Crippen molar-refractivity contribution in [3.05, 3.63) is 35.9 Å². The summed E-state index contributed by atoms with van der Waals surface area (Å²) < 4.78 is 0. The molecular formula is C15H19NO. The molecule has 0 radical (unpaired) electrons. The SMILES string of the molecule is C#CCN(CC)C(=O)CCCc1ccccc1. The molecule has 0 aromatic heterocycles. The molecule has 0 N–H and O–H groups in total. The van der Waals surface area contributed by atoms with Crippen LogP contribution in [0.15, 0.2) is 30.3 Å². The first-order valence-corrected chi connectivity index (χ1v) is 6.03. The summed E-state index contributed by atoms with van der Waals surface area (Å²) in [6.45, 7) is 3.06. The summed E-state index contributed by atoms with van der Waals surface area (Å²) >= 11 is 0. The van der Waals surface area contributed by atoms with E-state index in [0.29, 0.717) is 19.5 Å². The predicted molar refractivity (Wildman–Crippen MR) is 70.5 cm³/mol. The molecule has 0 unspecified atom stereocenters. The van der Waals surface area contributed by atoms with E-state index < -0.39 is 0 Å². The van der Waals surface area contributed by atoms with Crippen molar-refractivity contribution in [2.45, 2.75) is 26.2 Å². The van der Waals surface area contributed by atoms with Gasteiger partial charge in [-0.15, -0.1) is 6.42 Å². The molecule has 0 heterocycles. The van der Waals surface area contributed by atoms with Crippen molar-refractivity contribution in [1.29, 1.82) is 0 Å². The van der Waals surface area contributed by atoms with Crippen molar-refractivity contribution < 1.29 is 4.79 Å². The number of rotatable bonds is 6. The highest BCUT2D eigenvalue weighted by atomic mass is 16.2. The lowest BCUT2D eigenvalue weighted by Gasteiger charge is -2.17. The minimum absolute atomic E-state index is 0.154. The van der Waals surface area contributed by atoms with E-state index in [1.165, 1.54) is 5.56 Å². The van der Waals surface area contributed by atoms with Gasteiger partial charge in [0.2, 0.25) is 5.91 Å². The first-order chi connectivity index (χ1) is 8.27. The highest BCUT2D eigenvalue weighted by Gasteiger charge is 2.09. The Morgan fingerprint density at radius 3 is 2.65 bits per heavy atom. The van der Waals surface area contributed by atoms with Gasteiger partial charge < -0.3 is 4.90 Å². The van der Waals surface area contributed by atoms with E-state index in [0.717, 1.165) is 12.8 Å². The molecule has 1 aromatic carbocycles. The molecule has 0 saturated heterocycles. The van der Waals surface area contributed by atoms with E-state index in [1.54, 1.807) is 4.90 Å². The van der Waals surface area contributed by atoms with Gasteiger partial charge in [-0.25, -0.2) is 0 Å². The second-order valence-corrected chi connectivity index (χ2v) is 3.95. The fourth-order valence-electron chi connectivity index (χ4n) is 1.73. The van der Waals surface area contributed by atoms with Crippen LogP contribution in [0.3, 0.4) is 0 Å². The average Bonchev–Trinajstić information content (AvgIpc) is 2.37. The molecule has 2 heteroatoms. The fourth-order valence-corrected chi connectivity index (χ4v) is 1.73. The summed E-state index contributed by atoms with van der Waals surface area (Å²) in [5.74, 6) is 2.67. The number of aryl methyl sites for hydroxylation is 1. The molecule has 1 amide bonds. The van der Waals surface area contributed by atoms with Gasteiger partial charge >= 0.3 is 0 Å². The van der Waals surface area contributed by atoms with Crippen molar-refractivity contribution >= 4 is 5.91 Å². The molecule has 0 fully saturated rings. The van der Waals surface area contributed by atoms with Crippen LogP contribution >= 0.6 is 0 Å². The fraction of sp³-hybridized carbons (Fsp3) is 0.400. The Balaban J connectivity index is 2.31. The number of amides is 1. The van der Waals surface area contributed by atoms with Gasteiger partial charge in [0.05, 0.1) is 6.54 Å². The highest BCUT2D eigenvalue weighted by Crippen LogP contribution is 2.06. The van der Waals surface area contributed by atoms with Crippen LogP contribution < -0.4 is 0 Å². The summed E-state index contributed by atoms with van der Waals surface area (Å²) in [5.41, 5.74) is 1.28. The molecule has 0 spiro atoms. The van der Waals surface area contributed by atoms with Gasteiger partial charge in [-0.3, -0.25) is 4.79 Å². The molecule has 1 rings (SSSR count). The van der Waals surface area contributed by atoms with E-state index >= 15 is 0 Å². The minimum atomic E-state index is 0.154. The van der Waals surface area contributed by atoms with Crippen LogP contribution in [0, 0.1) is 12.3 Å². The Morgan fingerprint density at radius 1 is 1.35 bits per heavy atom. The molecule has 0 aliphatic heterocycles. The van der Waals surface area contributed by atoms with Gasteiger partial charge in [0.15, 0.2) is 0 Å². The number of carbonyl (C=O) groups excluding carboxylic acids is 1. The Bertz CT molecular complexity index is 378. The number of benzene rings is 1. The van der Waals surface area contributed by atoms with Crippen molar-refractivity contribution in [2.24, 2.45) is 0 Å². The maximum Gasteiger partial charge on any atom is 0.223 e. The number of hydrogen-bond acceptors (Lipinski definition) is 1. The maximum absolute atomic E-state index is 11.8. The topological polar surface area (TPSA) is 20.3 Å². The normalized spacial score (nSPS) is 9.65. The second-order valence-electron chi connectivity index (χ2n) is 3.95. The highest BCUT2D eigenvalue weighted by molar-refractivity contribution is 5.76. The van der Waals surface area contributed by atoms with Crippen molar-refractivity contribution in [3.8, 4) is 12.3 Å². The molecule has 0 aliphatic rings. The summed E-state index contributed by atoms with van der Waals surface area (Å²) in [4.78, 5) is 13.5. The van der Waals surface area contributed by atoms with Crippen LogP contribution in [-0.4, -0.2) is 23.9 Å². The molecule has 1 aromatic rings. The molecule has 17 heavy (non-hydrogen) atoms. The quantitative estimate of drug-likeness (QED) is 0.686. The van der Waals surface area contributed by atoms with Crippen LogP contribution in [0.1, 0.15) is 25.3 Å². The van der Waals surface area contributed by atoms with Gasteiger partial charge in [0, 0.05) is 13.0 Å². The first kappa shape index (κ1) is 13.3. The van der Waals surface area contributed by atoms with Gasteiger partial charge in [0.1, 0.15) is 0 Å². The average molecular weight is 229 g/mol. The van der Waals surface area contributed by atoms with Crippen LogP contribution in [0.2, 0.25) is 0 Å². The van der Waals surface area contributed by atoms with Gasteiger partial charge in [-0.1, -0.05) is 36.3 Å². The van der Waals surface area contributed by atoms with Crippen molar-refractivity contribution in [3.63, 3.8) is 0 Å². The number of carbonyl (C=O) groups is 1. The smallest absolute Gasteiger partial charge is 0.223 e. The van der Waals surface area contributed by atoms with Crippen LogP contribution in [0.25, 0.3) is 0 Å². The molecule has 2 nitrogen and oxygen atoms in total. The predicted octanol–water partition coefficient (Wildman–Crippen LogP) is 2.49. The zero-order chi connectivity index (χ0) is 12.5. The maximum atomic E-state index is 11.8. The van der Waals surface area contributed by atoms with E-state index in [1.807, 2.05) is 25.1 Å². The zero-order valence-corrected chi connectivity index (χ0v) is 10.4. The van der Waals surface area contributed by atoms with Crippen LogP contribution in [0.4, 0.5) is 0 Å². The molecular weight excluding hydrogens is 210 g/mol. The summed E-state index contributed by atoms with van der Waals surface area (Å²) in [6.07, 6.45) is 7.62. The number of nitrogens with zero attached hydrogens (tertiary/aromatic N) is 1. The zero-order valence-electron chi connectivity index (χ0n) is 10.4. The lowest BCUT2D eigenvalue weighted by atomic mass is 10.1. The molecule has 0 atom stereocenters. The largest absolute Gasteiger partial charge is 0.332 e. The third-order valence-electron chi connectivity index (χ3n) is 2.72. The van der Waals surface area contributed by atoms with E-state index in [-0.39, 0.29) is 5.91 Å². The van der Waals surface area contributed by atoms with E-state index in [2.05, 4.69) is 18.1 Å². The van der Waals surface area contributed by atoms with Crippen molar-refractivity contribution in [2.75, 3.05) is 13.1 Å². The van der Waals surface area contributed by atoms with E-state index in [4.69, 9.17) is 6.42 Å².